The Labute approximate surface area is 188 Å². The van der Waals surface area contributed by atoms with Gasteiger partial charge in [-0.05, 0) is 54.8 Å². The molecule has 0 N–H and O–H groups in total. The Morgan fingerprint density at radius 1 is 0.968 bits per heavy atom. The second-order valence-corrected chi connectivity index (χ2v) is 8.74. The normalized spacial score (nSPS) is 15.5. The molecule has 5 heteroatoms. The first-order valence-electron chi connectivity index (χ1n) is 10.2. The first-order valence-corrected chi connectivity index (χ1v) is 11.0. The number of aryl methyl sites for hydroxylation is 2. The zero-order valence-electron chi connectivity index (χ0n) is 17.2. The Balaban J connectivity index is 1.79. The minimum absolute atomic E-state index is 0.116. The third kappa shape index (κ3) is 3.20. The lowest BCUT2D eigenvalue weighted by molar-refractivity contribution is 0.0971. The molecule has 4 aromatic rings. The lowest BCUT2D eigenvalue weighted by atomic mass is 9.97. The second-order valence-electron chi connectivity index (χ2n) is 7.82. The maximum absolute atomic E-state index is 13.6. The molecule has 0 bridgehead atoms. The Bertz CT molecular complexity index is 1370. The van der Waals surface area contributed by atoms with Crippen LogP contribution in [0.2, 0.25) is 0 Å². The van der Waals surface area contributed by atoms with Crippen molar-refractivity contribution >= 4 is 38.5 Å². The third-order valence-corrected chi connectivity index (χ3v) is 6.34. The highest BCUT2D eigenvalue weighted by Gasteiger charge is 2.43. The van der Waals surface area contributed by atoms with E-state index in [-0.39, 0.29) is 17.1 Å². The van der Waals surface area contributed by atoms with E-state index < -0.39 is 6.04 Å². The van der Waals surface area contributed by atoms with Gasteiger partial charge in [-0.2, -0.15) is 0 Å². The molecule has 0 radical (unpaired) electrons. The maximum Gasteiger partial charge on any atom is 0.295 e. The van der Waals surface area contributed by atoms with Crippen LogP contribution in [0.1, 0.15) is 45.8 Å². The van der Waals surface area contributed by atoms with Gasteiger partial charge in [-0.3, -0.25) is 14.5 Å². The van der Waals surface area contributed by atoms with E-state index in [0.717, 1.165) is 27.7 Å². The van der Waals surface area contributed by atoms with Crippen molar-refractivity contribution in [2.24, 2.45) is 0 Å². The van der Waals surface area contributed by atoms with Crippen molar-refractivity contribution in [1.29, 1.82) is 0 Å². The fraction of sp³-hybridized carbons (Fsp3) is 0.154. The van der Waals surface area contributed by atoms with Crippen LogP contribution in [0.3, 0.4) is 0 Å². The van der Waals surface area contributed by atoms with E-state index in [4.69, 9.17) is 4.42 Å². The molecule has 1 aliphatic rings. The smallest absolute Gasteiger partial charge is 0.295 e. The fourth-order valence-electron chi connectivity index (χ4n) is 4.17. The zero-order chi connectivity index (χ0) is 21.7. The van der Waals surface area contributed by atoms with Crippen molar-refractivity contribution in [3.63, 3.8) is 0 Å². The zero-order valence-corrected chi connectivity index (χ0v) is 18.8. The number of amides is 1. The van der Waals surface area contributed by atoms with Crippen LogP contribution >= 0.6 is 15.9 Å². The maximum atomic E-state index is 13.6. The summed E-state index contributed by atoms with van der Waals surface area (Å²) in [5.74, 6) is -0.185. The minimum Gasteiger partial charge on any atom is -0.450 e. The standard InChI is InChI=1S/C26H20BrNO3/c1-3-16-6-8-17(9-7-16)23-22-24(29)20-14-18(27)10-13-21(20)31-25(22)26(30)28(23)19-11-4-15(2)5-12-19/h4-14,23H,3H2,1-2H3. The van der Waals surface area contributed by atoms with Crippen molar-refractivity contribution < 1.29 is 9.21 Å². The summed E-state index contributed by atoms with van der Waals surface area (Å²) in [7, 11) is 0. The molecule has 1 aliphatic heterocycles. The lowest BCUT2D eigenvalue weighted by Gasteiger charge is -2.25. The number of hydrogen-bond acceptors (Lipinski definition) is 3. The number of benzene rings is 3. The molecule has 3 aromatic carbocycles. The van der Waals surface area contributed by atoms with Gasteiger partial charge in [0.05, 0.1) is 17.0 Å². The molecule has 1 amide bonds. The van der Waals surface area contributed by atoms with E-state index >= 15 is 0 Å². The Morgan fingerprint density at radius 3 is 2.35 bits per heavy atom. The molecule has 1 unspecified atom stereocenters. The number of fused-ring (bicyclic) bond motifs is 2. The molecule has 31 heavy (non-hydrogen) atoms. The van der Waals surface area contributed by atoms with Crippen LogP contribution in [-0.4, -0.2) is 5.91 Å². The van der Waals surface area contributed by atoms with Gasteiger partial charge in [0, 0.05) is 10.2 Å². The first-order chi connectivity index (χ1) is 15.0. The quantitative estimate of drug-likeness (QED) is 0.357. The first kappa shape index (κ1) is 19.8. The van der Waals surface area contributed by atoms with E-state index in [2.05, 4.69) is 22.9 Å². The van der Waals surface area contributed by atoms with Crippen molar-refractivity contribution in [2.45, 2.75) is 26.3 Å². The number of nitrogens with zero attached hydrogens (tertiary/aromatic N) is 1. The largest absolute Gasteiger partial charge is 0.450 e. The lowest BCUT2D eigenvalue weighted by Crippen LogP contribution is -2.29. The summed E-state index contributed by atoms with van der Waals surface area (Å²) < 4.78 is 6.80. The van der Waals surface area contributed by atoms with E-state index in [1.54, 1.807) is 23.1 Å². The molecular formula is C26H20BrNO3. The van der Waals surface area contributed by atoms with Crippen LogP contribution in [-0.2, 0) is 6.42 Å². The van der Waals surface area contributed by atoms with Crippen LogP contribution < -0.4 is 10.3 Å². The van der Waals surface area contributed by atoms with E-state index in [1.807, 2.05) is 55.5 Å². The van der Waals surface area contributed by atoms with Gasteiger partial charge in [-0.1, -0.05) is 64.8 Å². The molecule has 154 valence electrons. The molecule has 0 saturated heterocycles. The van der Waals surface area contributed by atoms with Gasteiger partial charge in [0.15, 0.2) is 5.43 Å². The number of rotatable bonds is 3. The van der Waals surface area contributed by atoms with Crippen LogP contribution in [0.15, 0.2) is 80.4 Å². The summed E-state index contributed by atoms with van der Waals surface area (Å²) in [5, 5.41) is 0.460. The van der Waals surface area contributed by atoms with Gasteiger partial charge < -0.3 is 4.42 Å². The number of carbonyl (C=O) groups is 1. The number of carbonyl (C=O) groups excluding carboxylic acids is 1. The molecule has 1 atom stereocenters. The molecule has 5 rings (SSSR count). The molecule has 0 spiro atoms. The van der Waals surface area contributed by atoms with Crippen molar-refractivity contribution in [3.05, 3.63) is 109 Å². The van der Waals surface area contributed by atoms with Gasteiger partial charge in [0.1, 0.15) is 5.58 Å². The molecule has 2 heterocycles. The summed E-state index contributed by atoms with van der Waals surface area (Å²) in [4.78, 5) is 28.8. The summed E-state index contributed by atoms with van der Waals surface area (Å²) in [5.41, 5.74) is 4.53. The van der Waals surface area contributed by atoms with Gasteiger partial charge >= 0.3 is 0 Å². The van der Waals surface area contributed by atoms with Gasteiger partial charge in [-0.15, -0.1) is 0 Å². The van der Waals surface area contributed by atoms with Crippen LogP contribution in [0, 0.1) is 6.92 Å². The van der Waals surface area contributed by atoms with Crippen LogP contribution in [0.4, 0.5) is 5.69 Å². The Morgan fingerprint density at radius 2 is 1.68 bits per heavy atom. The van der Waals surface area contributed by atoms with E-state index in [9.17, 15) is 9.59 Å². The molecular weight excluding hydrogens is 454 g/mol. The Hall–Kier alpha value is -3.18. The van der Waals surface area contributed by atoms with Crippen LogP contribution in [0.5, 0.6) is 0 Å². The molecule has 0 saturated carbocycles. The van der Waals surface area contributed by atoms with Crippen LogP contribution in [0.25, 0.3) is 11.0 Å². The van der Waals surface area contributed by atoms with Crippen molar-refractivity contribution in [3.8, 4) is 0 Å². The predicted molar refractivity (Wildman–Crippen MR) is 126 cm³/mol. The molecule has 4 nitrogen and oxygen atoms in total. The average Bonchev–Trinajstić information content (AvgIpc) is 3.07. The average molecular weight is 474 g/mol. The number of halogens is 1. The summed E-state index contributed by atoms with van der Waals surface area (Å²) >= 11 is 3.43. The van der Waals surface area contributed by atoms with Gasteiger partial charge in [0.2, 0.25) is 5.76 Å². The number of anilines is 1. The predicted octanol–water partition coefficient (Wildman–Crippen LogP) is 6.18. The summed E-state index contributed by atoms with van der Waals surface area (Å²) in [6.45, 7) is 4.10. The second kappa shape index (κ2) is 7.50. The molecule has 0 aliphatic carbocycles. The van der Waals surface area contributed by atoms with Gasteiger partial charge in [-0.25, -0.2) is 0 Å². The molecule has 1 aromatic heterocycles. The highest BCUT2D eigenvalue weighted by atomic mass is 79.9. The topological polar surface area (TPSA) is 50.5 Å². The molecule has 0 fully saturated rings. The summed E-state index contributed by atoms with van der Waals surface area (Å²) in [6, 6.07) is 20.6. The van der Waals surface area contributed by atoms with E-state index in [0.29, 0.717) is 16.5 Å². The summed E-state index contributed by atoms with van der Waals surface area (Å²) in [6.07, 6.45) is 0.920. The SMILES string of the molecule is CCc1ccc(C2c3c(oc4ccc(Br)cc4c3=O)C(=O)N2c2ccc(C)cc2)cc1. The highest BCUT2D eigenvalue weighted by Crippen LogP contribution is 2.41. The van der Waals surface area contributed by atoms with Gasteiger partial charge in [0.25, 0.3) is 5.91 Å². The van der Waals surface area contributed by atoms with Crippen molar-refractivity contribution in [2.75, 3.05) is 4.90 Å². The Kier molecular flexibility index (Phi) is 4.78. The third-order valence-electron chi connectivity index (χ3n) is 5.85. The fourth-order valence-corrected chi connectivity index (χ4v) is 4.53. The number of hydrogen-bond donors (Lipinski definition) is 0. The monoisotopic (exact) mass is 473 g/mol. The van der Waals surface area contributed by atoms with E-state index in [1.165, 1.54) is 5.56 Å². The highest BCUT2D eigenvalue weighted by molar-refractivity contribution is 9.10. The minimum atomic E-state index is -0.546. The van der Waals surface area contributed by atoms with Crippen molar-refractivity contribution in [1.82, 2.24) is 0 Å².